The molecule has 0 aliphatic carbocycles. The highest BCUT2D eigenvalue weighted by Gasteiger charge is 2.20. The second-order valence-electron chi connectivity index (χ2n) is 6.16. The number of hydrogen-bond acceptors (Lipinski definition) is 4. The van der Waals surface area contributed by atoms with Crippen LogP contribution in [0.15, 0.2) is 29.1 Å². The number of amides is 1. The predicted octanol–water partition coefficient (Wildman–Crippen LogP) is 0.999. The van der Waals surface area contributed by atoms with Gasteiger partial charge in [0.05, 0.1) is 17.0 Å². The van der Waals surface area contributed by atoms with Crippen LogP contribution in [0.5, 0.6) is 0 Å². The molecule has 0 bridgehead atoms. The summed E-state index contributed by atoms with van der Waals surface area (Å²) >= 11 is 0. The Kier molecular flexibility index (Phi) is 4.45. The Balaban J connectivity index is 1.95. The molecule has 0 atom stereocenters. The summed E-state index contributed by atoms with van der Waals surface area (Å²) in [4.78, 5) is 23.5. The molecule has 1 amide bonds. The smallest absolute Gasteiger partial charge is 0.255 e. The minimum atomic E-state index is -3.47. The van der Waals surface area contributed by atoms with Crippen LogP contribution in [-0.4, -0.2) is 31.2 Å². The maximum atomic E-state index is 12.7. The van der Waals surface area contributed by atoms with Crippen molar-refractivity contribution in [3.8, 4) is 0 Å². The average molecular weight is 348 g/mol. The molecule has 2 heterocycles. The number of rotatable bonds is 5. The number of nitrogens with zero attached hydrogens (tertiary/aromatic N) is 1. The number of aryl methyl sites for hydroxylation is 2. The molecular weight excluding hydrogens is 328 g/mol. The van der Waals surface area contributed by atoms with Crippen molar-refractivity contribution in [2.24, 2.45) is 0 Å². The summed E-state index contributed by atoms with van der Waals surface area (Å²) in [5, 5.41) is 3.37. The van der Waals surface area contributed by atoms with Crippen molar-refractivity contribution in [3.63, 3.8) is 0 Å². The van der Waals surface area contributed by atoms with Gasteiger partial charge in [0.1, 0.15) is 0 Å². The summed E-state index contributed by atoms with van der Waals surface area (Å²) in [7, 11) is -3.47. The zero-order chi connectivity index (χ0) is 17.3. The van der Waals surface area contributed by atoms with Gasteiger partial charge in [-0.15, -0.1) is 0 Å². The van der Waals surface area contributed by atoms with Crippen LogP contribution in [0, 0.1) is 0 Å². The molecule has 24 heavy (non-hydrogen) atoms. The summed E-state index contributed by atoms with van der Waals surface area (Å²) in [6, 6.07) is 7.56. The quantitative estimate of drug-likeness (QED) is 0.873. The molecule has 0 saturated carbocycles. The number of benzene rings is 1. The number of carbonyl (C=O) groups is 1. The Morgan fingerprint density at radius 1 is 1.33 bits per heavy atom. The topological polar surface area (TPSA) is 85.2 Å². The lowest BCUT2D eigenvalue weighted by molar-refractivity contribution is -0.118. The molecule has 2 aromatic rings. The van der Waals surface area contributed by atoms with Gasteiger partial charge in [0.25, 0.3) is 5.56 Å². The highest BCUT2D eigenvalue weighted by atomic mass is 32.2. The molecule has 0 radical (unpaired) electrons. The molecule has 7 heteroatoms. The summed E-state index contributed by atoms with van der Waals surface area (Å²) in [6.45, 7) is 2.01. The Morgan fingerprint density at radius 3 is 2.88 bits per heavy atom. The van der Waals surface area contributed by atoms with Gasteiger partial charge < -0.3 is 9.88 Å². The molecule has 6 nitrogen and oxygen atoms in total. The third-order valence-corrected chi connectivity index (χ3v) is 5.84. The van der Waals surface area contributed by atoms with E-state index in [4.69, 9.17) is 0 Å². The molecular formula is C17H20N2O4S. The van der Waals surface area contributed by atoms with Crippen molar-refractivity contribution in [1.82, 2.24) is 9.88 Å². The first-order valence-electron chi connectivity index (χ1n) is 7.96. The Morgan fingerprint density at radius 2 is 2.12 bits per heavy atom. The summed E-state index contributed by atoms with van der Waals surface area (Å²) in [5.41, 5.74) is 2.13. The highest BCUT2D eigenvalue weighted by molar-refractivity contribution is 7.90. The van der Waals surface area contributed by atoms with Crippen LogP contribution in [0.2, 0.25) is 0 Å². The van der Waals surface area contributed by atoms with Crippen LogP contribution in [-0.2, 0) is 33.4 Å². The Labute approximate surface area is 140 Å². The minimum absolute atomic E-state index is 0.0591. The number of sulfone groups is 1. The maximum Gasteiger partial charge on any atom is 0.255 e. The van der Waals surface area contributed by atoms with Crippen LogP contribution in [0.1, 0.15) is 24.5 Å². The van der Waals surface area contributed by atoms with Crippen LogP contribution < -0.4 is 10.9 Å². The number of aromatic nitrogens is 1. The average Bonchev–Trinajstić information content (AvgIpc) is 2.51. The van der Waals surface area contributed by atoms with Crippen molar-refractivity contribution >= 4 is 26.6 Å². The molecule has 0 unspecified atom stereocenters. The lowest BCUT2D eigenvalue weighted by Crippen LogP contribution is -2.31. The molecule has 1 N–H and O–H groups in total. The van der Waals surface area contributed by atoms with E-state index in [1.807, 2.05) is 18.2 Å². The van der Waals surface area contributed by atoms with Crippen molar-refractivity contribution in [2.75, 3.05) is 12.3 Å². The molecule has 1 aliphatic heterocycles. The lowest BCUT2D eigenvalue weighted by Gasteiger charge is -2.20. The van der Waals surface area contributed by atoms with E-state index in [1.54, 1.807) is 10.6 Å². The monoisotopic (exact) mass is 348 g/mol. The van der Waals surface area contributed by atoms with Crippen molar-refractivity contribution in [3.05, 3.63) is 45.7 Å². The molecule has 128 valence electrons. The number of para-hydroxylation sites is 1. The fraction of sp³-hybridized carbons (Fsp3) is 0.412. The second kappa shape index (κ2) is 6.39. The van der Waals surface area contributed by atoms with E-state index in [9.17, 15) is 18.0 Å². The Bertz CT molecular complexity index is 960. The van der Waals surface area contributed by atoms with Crippen molar-refractivity contribution < 1.29 is 13.2 Å². The normalized spacial score (nSPS) is 13.9. The third-order valence-electron chi connectivity index (χ3n) is 4.26. The summed E-state index contributed by atoms with van der Waals surface area (Å²) in [5.74, 6) is -0.747. The molecule has 1 aromatic heterocycles. The molecule has 0 spiro atoms. The number of pyridine rings is 1. The standard InChI is InChI=1S/C17H20N2O4S/c1-12(20)18-7-9-24(22,23)11-15-10-14-5-2-4-13-6-3-8-19(16(13)14)17(15)21/h2,4-5,10H,3,6-9,11H2,1H3,(H,18,20). The van der Waals surface area contributed by atoms with Gasteiger partial charge in [-0.25, -0.2) is 8.42 Å². The minimum Gasteiger partial charge on any atom is -0.355 e. The number of carbonyl (C=O) groups excluding carboxylic acids is 1. The lowest BCUT2D eigenvalue weighted by atomic mass is 10.0. The zero-order valence-corrected chi connectivity index (χ0v) is 14.4. The number of hydrogen-bond donors (Lipinski definition) is 1. The van der Waals surface area contributed by atoms with E-state index in [2.05, 4.69) is 5.32 Å². The van der Waals surface area contributed by atoms with Crippen molar-refractivity contribution in [1.29, 1.82) is 0 Å². The van der Waals surface area contributed by atoms with Gasteiger partial charge in [-0.3, -0.25) is 9.59 Å². The molecule has 1 aromatic carbocycles. The summed E-state index contributed by atoms with van der Waals surface area (Å²) < 4.78 is 26.2. The van der Waals surface area contributed by atoms with Crippen LogP contribution >= 0.6 is 0 Å². The van der Waals surface area contributed by atoms with E-state index in [0.717, 1.165) is 29.3 Å². The van der Waals surface area contributed by atoms with Gasteiger partial charge in [-0.05, 0) is 29.9 Å². The third kappa shape index (κ3) is 3.36. The van der Waals surface area contributed by atoms with Gasteiger partial charge in [-0.1, -0.05) is 18.2 Å². The molecule has 3 rings (SSSR count). The van der Waals surface area contributed by atoms with Crippen LogP contribution in [0.3, 0.4) is 0 Å². The first-order valence-corrected chi connectivity index (χ1v) is 9.79. The van der Waals surface area contributed by atoms with Gasteiger partial charge in [0.15, 0.2) is 9.84 Å². The van der Waals surface area contributed by atoms with Gasteiger partial charge >= 0.3 is 0 Å². The van der Waals surface area contributed by atoms with E-state index < -0.39 is 9.84 Å². The SMILES string of the molecule is CC(=O)NCCS(=O)(=O)Cc1cc2cccc3c2n(c1=O)CCC3. The van der Waals surface area contributed by atoms with Crippen LogP contribution in [0.4, 0.5) is 0 Å². The largest absolute Gasteiger partial charge is 0.355 e. The van der Waals surface area contributed by atoms with Crippen LogP contribution in [0.25, 0.3) is 10.9 Å². The molecule has 1 aliphatic rings. The first kappa shape index (κ1) is 16.7. The fourth-order valence-corrected chi connectivity index (χ4v) is 4.46. The van der Waals surface area contributed by atoms with Gasteiger partial charge in [0.2, 0.25) is 5.91 Å². The second-order valence-corrected chi connectivity index (χ2v) is 8.34. The highest BCUT2D eigenvalue weighted by Crippen LogP contribution is 2.24. The number of nitrogens with one attached hydrogen (secondary N) is 1. The van der Waals surface area contributed by atoms with E-state index in [1.165, 1.54) is 6.92 Å². The van der Waals surface area contributed by atoms with Gasteiger partial charge in [-0.2, -0.15) is 0 Å². The first-order chi connectivity index (χ1) is 11.4. The van der Waals surface area contributed by atoms with Gasteiger partial charge in [0, 0.05) is 25.6 Å². The van der Waals surface area contributed by atoms with Crippen molar-refractivity contribution in [2.45, 2.75) is 32.1 Å². The summed E-state index contributed by atoms with van der Waals surface area (Å²) in [6.07, 6.45) is 1.82. The predicted molar refractivity (Wildman–Crippen MR) is 92.7 cm³/mol. The van der Waals surface area contributed by atoms with E-state index in [-0.39, 0.29) is 29.5 Å². The van der Waals surface area contributed by atoms with E-state index >= 15 is 0 Å². The Hall–Kier alpha value is -2.15. The maximum absolute atomic E-state index is 12.7. The van der Waals surface area contributed by atoms with E-state index in [0.29, 0.717) is 12.1 Å². The molecule has 0 saturated heterocycles. The zero-order valence-electron chi connectivity index (χ0n) is 13.5. The fourth-order valence-electron chi connectivity index (χ4n) is 3.22. The molecule has 0 fully saturated rings.